The van der Waals surface area contributed by atoms with Crippen LogP contribution in [0.15, 0.2) is 23.2 Å². The van der Waals surface area contributed by atoms with Gasteiger partial charge in [-0.25, -0.2) is 4.98 Å². The van der Waals surface area contributed by atoms with Crippen molar-refractivity contribution in [1.82, 2.24) is 24.6 Å². The van der Waals surface area contributed by atoms with Crippen LogP contribution in [0.5, 0.6) is 0 Å². The summed E-state index contributed by atoms with van der Waals surface area (Å²) in [5.74, 6) is 0. The SMILES string of the molecule is CCCNC(c1cn(C)cn1)c1c(Br)cnn1C. The van der Waals surface area contributed by atoms with Gasteiger partial charge in [-0.2, -0.15) is 5.10 Å². The second-order valence-corrected chi connectivity index (χ2v) is 5.21. The van der Waals surface area contributed by atoms with E-state index < -0.39 is 0 Å². The molecule has 1 atom stereocenters. The fourth-order valence-corrected chi connectivity index (χ4v) is 2.53. The molecule has 5 nitrogen and oxygen atoms in total. The molecule has 0 radical (unpaired) electrons. The van der Waals surface area contributed by atoms with Crippen molar-refractivity contribution in [3.05, 3.63) is 34.6 Å². The Morgan fingerprint density at radius 3 is 2.72 bits per heavy atom. The largest absolute Gasteiger partial charge is 0.340 e. The Balaban J connectivity index is 2.36. The molecule has 2 aromatic heterocycles. The smallest absolute Gasteiger partial charge is 0.0948 e. The summed E-state index contributed by atoms with van der Waals surface area (Å²) >= 11 is 3.56. The van der Waals surface area contributed by atoms with E-state index in [-0.39, 0.29) is 6.04 Å². The van der Waals surface area contributed by atoms with Gasteiger partial charge in [0.05, 0.1) is 34.4 Å². The number of hydrogen-bond donors (Lipinski definition) is 1. The Kier molecular flexibility index (Phi) is 4.19. The lowest BCUT2D eigenvalue weighted by atomic mass is 10.1. The van der Waals surface area contributed by atoms with E-state index in [1.807, 2.05) is 42.1 Å². The third kappa shape index (κ3) is 2.64. The lowest BCUT2D eigenvalue weighted by Gasteiger charge is -2.17. The van der Waals surface area contributed by atoms with E-state index in [4.69, 9.17) is 0 Å². The van der Waals surface area contributed by atoms with Gasteiger partial charge < -0.3 is 9.88 Å². The van der Waals surface area contributed by atoms with Crippen LogP contribution in [0.25, 0.3) is 0 Å². The van der Waals surface area contributed by atoms with Crippen LogP contribution in [0, 0.1) is 0 Å². The fraction of sp³-hybridized carbons (Fsp3) is 0.500. The molecule has 0 bridgehead atoms. The van der Waals surface area contributed by atoms with Crippen molar-refractivity contribution in [3.63, 3.8) is 0 Å². The summed E-state index contributed by atoms with van der Waals surface area (Å²) in [7, 11) is 3.93. The summed E-state index contributed by atoms with van der Waals surface area (Å²) < 4.78 is 4.84. The van der Waals surface area contributed by atoms with Crippen LogP contribution in [0.2, 0.25) is 0 Å². The molecule has 2 aromatic rings. The summed E-state index contributed by atoms with van der Waals surface area (Å²) in [5.41, 5.74) is 2.11. The number of imidazole rings is 1. The summed E-state index contributed by atoms with van der Waals surface area (Å²) in [6.07, 6.45) is 6.75. The van der Waals surface area contributed by atoms with Crippen LogP contribution < -0.4 is 5.32 Å². The third-order valence-electron chi connectivity index (χ3n) is 2.83. The number of aromatic nitrogens is 4. The van der Waals surface area contributed by atoms with Gasteiger partial charge in [-0.3, -0.25) is 4.68 Å². The first-order valence-corrected chi connectivity index (χ1v) is 6.81. The third-order valence-corrected chi connectivity index (χ3v) is 3.44. The molecule has 18 heavy (non-hydrogen) atoms. The molecular weight excluding hydrogens is 294 g/mol. The van der Waals surface area contributed by atoms with E-state index in [0.717, 1.165) is 28.8 Å². The van der Waals surface area contributed by atoms with Gasteiger partial charge in [-0.05, 0) is 28.9 Å². The number of nitrogens with zero attached hydrogens (tertiary/aromatic N) is 4. The lowest BCUT2D eigenvalue weighted by molar-refractivity contribution is 0.543. The highest BCUT2D eigenvalue weighted by atomic mass is 79.9. The van der Waals surface area contributed by atoms with Gasteiger partial charge in [0.1, 0.15) is 0 Å². The number of aryl methyl sites for hydroxylation is 2. The predicted molar refractivity (Wildman–Crippen MR) is 74.3 cm³/mol. The summed E-state index contributed by atoms with van der Waals surface area (Å²) in [5, 5.41) is 7.79. The topological polar surface area (TPSA) is 47.7 Å². The van der Waals surface area contributed by atoms with E-state index in [1.165, 1.54) is 0 Å². The second-order valence-electron chi connectivity index (χ2n) is 4.35. The fourth-order valence-electron chi connectivity index (χ4n) is 1.96. The zero-order chi connectivity index (χ0) is 13.1. The van der Waals surface area contributed by atoms with E-state index in [1.54, 1.807) is 0 Å². The highest BCUT2D eigenvalue weighted by Crippen LogP contribution is 2.27. The molecule has 0 saturated carbocycles. The minimum Gasteiger partial charge on any atom is -0.340 e. The van der Waals surface area contributed by atoms with Crippen LogP contribution in [0.3, 0.4) is 0 Å². The first kappa shape index (κ1) is 13.3. The van der Waals surface area contributed by atoms with Crippen LogP contribution >= 0.6 is 15.9 Å². The van der Waals surface area contributed by atoms with Crippen molar-refractivity contribution in [1.29, 1.82) is 0 Å². The van der Waals surface area contributed by atoms with Crippen LogP contribution in [-0.2, 0) is 14.1 Å². The Morgan fingerprint density at radius 2 is 2.22 bits per heavy atom. The van der Waals surface area contributed by atoms with Gasteiger partial charge in [0.2, 0.25) is 0 Å². The van der Waals surface area contributed by atoms with Gasteiger partial charge in [0.15, 0.2) is 0 Å². The van der Waals surface area contributed by atoms with E-state index in [0.29, 0.717) is 0 Å². The number of hydrogen-bond acceptors (Lipinski definition) is 3. The molecule has 2 heterocycles. The van der Waals surface area contributed by atoms with Crippen molar-refractivity contribution in [2.24, 2.45) is 14.1 Å². The zero-order valence-electron chi connectivity index (χ0n) is 10.9. The minimum atomic E-state index is 0.0630. The van der Waals surface area contributed by atoms with Crippen molar-refractivity contribution >= 4 is 15.9 Å². The van der Waals surface area contributed by atoms with Crippen LogP contribution in [0.4, 0.5) is 0 Å². The highest BCUT2D eigenvalue weighted by molar-refractivity contribution is 9.10. The predicted octanol–water partition coefficient (Wildman–Crippen LogP) is 2.01. The number of rotatable bonds is 5. The van der Waals surface area contributed by atoms with Crippen molar-refractivity contribution in [3.8, 4) is 0 Å². The average molecular weight is 312 g/mol. The molecule has 2 rings (SSSR count). The molecule has 0 fully saturated rings. The number of nitrogens with one attached hydrogen (secondary N) is 1. The van der Waals surface area contributed by atoms with Gasteiger partial charge in [0, 0.05) is 20.3 Å². The molecular formula is C12H18BrN5. The standard InChI is InChI=1S/C12H18BrN5/c1-4-5-14-11(10-7-17(2)8-15-10)12-9(13)6-16-18(12)3/h6-8,11,14H,4-5H2,1-3H3. The van der Waals surface area contributed by atoms with Crippen molar-refractivity contribution in [2.75, 3.05) is 6.54 Å². The molecule has 0 spiro atoms. The summed E-state index contributed by atoms with van der Waals surface area (Å²) in [4.78, 5) is 4.45. The van der Waals surface area contributed by atoms with E-state index in [9.17, 15) is 0 Å². The van der Waals surface area contributed by atoms with Crippen LogP contribution in [0.1, 0.15) is 30.8 Å². The molecule has 0 aliphatic rings. The zero-order valence-corrected chi connectivity index (χ0v) is 12.5. The summed E-state index contributed by atoms with van der Waals surface area (Å²) in [6, 6.07) is 0.0630. The molecule has 0 aliphatic heterocycles. The van der Waals surface area contributed by atoms with Gasteiger partial charge >= 0.3 is 0 Å². The molecule has 0 saturated heterocycles. The number of halogens is 1. The first-order valence-electron chi connectivity index (χ1n) is 6.02. The van der Waals surface area contributed by atoms with E-state index in [2.05, 4.69) is 38.3 Å². The van der Waals surface area contributed by atoms with Crippen LogP contribution in [-0.4, -0.2) is 25.9 Å². The Bertz CT molecular complexity index is 497. The van der Waals surface area contributed by atoms with E-state index >= 15 is 0 Å². The molecule has 98 valence electrons. The maximum absolute atomic E-state index is 4.45. The molecule has 6 heteroatoms. The highest BCUT2D eigenvalue weighted by Gasteiger charge is 2.22. The average Bonchev–Trinajstić information content (AvgIpc) is 2.90. The minimum absolute atomic E-state index is 0.0630. The normalized spacial score (nSPS) is 12.9. The summed E-state index contributed by atoms with van der Waals surface area (Å²) in [6.45, 7) is 3.10. The first-order chi connectivity index (χ1) is 8.63. The molecule has 0 aliphatic carbocycles. The maximum atomic E-state index is 4.45. The van der Waals surface area contributed by atoms with Crippen molar-refractivity contribution < 1.29 is 0 Å². The Hall–Kier alpha value is -1.14. The molecule has 0 amide bonds. The lowest BCUT2D eigenvalue weighted by Crippen LogP contribution is -2.26. The monoisotopic (exact) mass is 311 g/mol. The van der Waals surface area contributed by atoms with Gasteiger partial charge in [-0.1, -0.05) is 6.92 Å². The van der Waals surface area contributed by atoms with Crippen molar-refractivity contribution in [2.45, 2.75) is 19.4 Å². The molecule has 1 unspecified atom stereocenters. The quantitative estimate of drug-likeness (QED) is 0.919. The molecule has 1 N–H and O–H groups in total. The molecule has 0 aromatic carbocycles. The van der Waals surface area contributed by atoms with Gasteiger partial charge in [0.25, 0.3) is 0 Å². The van der Waals surface area contributed by atoms with Gasteiger partial charge in [-0.15, -0.1) is 0 Å². The second kappa shape index (κ2) is 5.67. The Morgan fingerprint density at radius 1 is 1.44 bits per heavy atom. The Labute approximate surface area is 115 Å². The maximum Gasteiger partial charge on any atom is 0.0948 e.